The van der Waals surface area contributed by atoms with Crippen molar-refractivity contribution in [2.24, 2.45) is 4.99 Å². The molecule has 1 aliphatic heterocycles. The number of carbonyl (C=O) groups excluding carboxylic acids is 1. The Morgan fingerprint density at radius 2 is 2.03 bits per heavy atom. The molecular weight excluding hydrogens is 388 g/mol. The predicted molar refractivity (Wildman–Crippen MR) is 123 cm³/mol. The van der Waals surface area contributed by atoms with Crippen LogP contribution in [0.5, 0.6) is 0 Å². The summed E-state index contributed by atoms with van der Waals surface area (Å²) in [5.41, 5.74) is 4.40. The Hall–Kier alpha value is -3.61. The van der Waals surface area contributed by atoms with Crippen molar-refractivity contribution in [3.63, 3.8) is 0 Å². The molecule has 2 heterocycles. The van der Waals surface area contributed by atoms with Gasteiger partial charge in [0.2, 0.25) is 5.91 Å². The second kappa shape index (κ2) is 9.93. The number of rotatable bonds is 7. The normalized spacial score (nSPS) is 15.8. The first-order valence-electron chi connectivity index (χ1n) is 10.7. The molecule has 0 aliphatic carbocycles. The van der Waals surface area contributed by atoms with Crippen molar-refractivity contribution >= 4 is 17.6 Å². The van der Waals surface area contributed by atoms with Gasteiger partial charge in [0.15, 0.2) is 5.96 Å². The standard InChI is InChI=1S/C24H28N6O/c1-2-25-24(27-16-20-14-23(31)29-22-10-4-3-9-21(20)22)26-15-18-7-5-8-19(13-18)17-30-12-6-11-28-30/h3-13,20H,2,14-17H2,1H3,(H,29,31)(H2,25,26,27). The zero-order valence-electron chi connectivity index (χ0n) is 17.7. The lowest BCUT2D eigenvalue weighted by molar-refractivity contribution is -0.116. The van der Waals surface area contributed by atoms with Gasteiger partial charge >= 0.3 is 0 Å². The van der Waals surface area contributed by atoms with E-state index in [0.717, 1.165) is 35.9 Å². The molecule has 7 nitrogen and oxygen atoms in total. The van der Waals surface area contributed by atoms with Crippen LogP contribution in [0.2, 0.25) is 0 Å². The highest BCUT2D eigenvalue weighted by molar-refractivity contribution is 5.94. The molecule has 31 heavy (non-hydrogen) atoms. The number of nitrogens with one attached hydrogen (secondary N) is 3. The number of hydrogen-bond donors (Lipinski definition) is 3. The maximum absolute atomic E-state index is 12.1. The fourth-order valence-corrected chi connectivity index (χ4v) is 3.82. The summed E-state index contributed by atoms with van der Waals surface area (Å²) < 4.78 is 1.91. The molecule has 0 saturated heterocycles. The number of anilines is 1. The van der Waals surface area contributed by atoms with Crippen molar-refractivity contribution in [2.75, 3.05) is 18.4 Å². The number of guanidine groups is 1. The van der Waals surface area contributed by atoms with E-state index in [4.69, 9.17) is 4.99 Å². The van der Waals surface area contributed by atoms with E-state index in [1.165, 1.54) is 5.56 Å². The van der Waals surface area contributed by atoms with Gasteiger partial charge in [-0.05, 0) is 35.7 Å². The number of nitrogens with zero attached hydrogens (tertiary/aromatic N) is 3. The number of aliphatic imine (C=N–C) groups is 1. The van der Waals surface area contributed by atoms with Gasteiger partial charge in [-0.3, -0.25) is 9.48 Å². The van der Waals surface area contributed by atoms with Crippen LogP contribution in [-0.2, 0) is 17.9 Å². The predicted octanol–water partition coefficient (Wildman–Crippen LogP) is 3.11. The lowest BCUT2D eigenvalue weighted by Crippen LogP contribution is -2.40. The van der Waals surface area contributed by atoms with Crippen molar-refractivity contribution in [2.45, 2.75) is 32.4 Å². The molecule has 1 atom stereocenters. The Kier molecular flexibility index (Phi) is 6.62. The second-order valence-electron chi connectivity index (χ2n) is 7.64. The Labute approximate surface area is 182 Å². The van der Waals surface area contributed by atoms with Gasteiger partial charge in [0.25, 0.3) is 0 Å². The average molecular weight is 417 g/mol. The molecule has 160 valence electrons. The third-order valence-electron chi connectivity index (χ3n) is 5.28. The summed E-state index contributed by atoms with van der Waals surface area (Å²) in [4.78, 5) is 16.8. The van der Waals surface area contributed by atoms with E-state index in [2.05, 4.69) is 51.4 Å². The van der Waals surface area contributed by atoms with Gasteiger partial charge in [-0.25, -0.2) is 4.99 Å². The first-order valence-corrected chi connectivity index (χ1v) is 10.7. The van der Waals surface area contributed by atoms with Gasteiger partial charge in [-0.1, -0.05) is 42.5 Å². The van der Waals surface area contributed by atoms with Gasteiger partial charge in [0.05, 0.1) is 13.1 Å². The van der Waals surface area contributed by atoms with Crippen molar-refractivity contribution in [3.8, 4) is 0 Å². The number of fused-ring (bicyclic) bond motifs is 1. The first kappa shape index (κ1) is 20.7. The Bertz CT molecular complexity index is 1040. The highest BCUT2D eigenvalue weighted by Crippen LogP contribution is 2.31. The van der Waals surface area contributed by atoms with Crippen molar-refractivity contribution in [3.05, 3.63) is 83.7 Å². The van der Waals surface area contributed by atoms with Crippen LogP contribution in [0.3, 0.4) is 0 Å². The number of aromatic nitrogens is 2. The van der Waals surface area contributed by atoms with Crippen LogP contribution in [0.25, 0.3) is 0 Å². The fourth-order valence-electron chi connectivity index (χ4n) is 3.82. The summed E-state index contributed by atoms with van der Waals surface area (Å²) in [7, 11) is 0. The smallest absolute Gasteiger partial charge is 0.225 e. The van der Waals surface area contributed by atoms with E-state index < -0.39 is 0 Å². The fraction of sp³-hybridized carbons (Fsp3) is 0.292. The SMILES string of the molecule is CCNC(=NCc1cccc(Cn2cccn2)c1)NCC1CC(=O)Nc2ccccc21. The van der Waals surface area contributed by atoms with Crippen molar-refractivity contribution < 1.29 is 4.79 Å². The van der Waals surface area contributed by atoms with Gasteiger partial charge in [-0.15, -0.1) is 0 Å². The van der Waals surface area contributed by atoms with Gasteiger partial charge in [0, 0.05) is 43.5 Å². The molecule has 0 bridgehead atoms. The van der Waals surface area contributed by atoms with Gasteiger partial charge in [-0.2, -0.15) is 5.10 Å². The molecule has 4 rings (SSSR count). The van der Waals surface area contributed by atoms with Crippen LogP contribution in [0.15, 0.2) is 72.0 Å². The molecule has 3 aromatic rings. The Morgan fingerprint density at radius 3 is 2.87 bits per heavy atom. The van der Waals surface area contributed by atoms with Crippen molar-refractivity contribution in [1.29, 1.82) is 0 Å². The summed E-state index contributed by atoms with van der Waals surface area (Å²) in [6.45, 7) is 4.78. The lowest BCUT2D eigenvalue weighted by Gasteiger charge is -2.26. The number of benzene rings is 2. The van der Waals surface area contributed by atoms with Crippen LogP contribution in [0.1, 0.15) is 36.0 Å². The molecule has 0 radical (unpaired) electrons. The van der Waals surface area contributed by atoms with Crippen LogP contribution in [0.4, 0.5) is 5.69 Å². The molecule has 1 aliphatic rings. The van der Waals surface area contributed by atoms with Crippen LogP contribution in [-0.4, -0.2) is 34.7 Å². The van der Waals surface area contributed by atoms with Gasteiger partial charge in [0.1, 0.15) is 0 Å². The molecule has 0 fully saturated rings. The number of para-hydroxylation sites is 1. The Balaban J connectivity index is 1.40. The minimum absolute atomic E-state index is 0.0569. The average Bonchev–Trinajstić information content (AvgIpc) is 3.28. The summed E-state index contributed by atoms with van der Waals surface area (Å²) in [6.07, 6.45) is 4.22. The van der Waals surface area contributed by atoms with E-state index in [0.29, 0.717) is 19.5 Å². The molecule has 7 heteroatoms. The minimum atomic E-state index is 0.0569. The molecule has 1 aromatic heterocycles. The second-order valence-corrected chi connectivity index (χ2v) is 7.64. The third-order valence-corrected chi connectivity index (χ3v) is 5.28. The maximum Gasteiger partial charge on any atom is 0.225 e. The van der Waals surface area contributed by atoms with E-state index in [1.54, 1.807) is 6.20 Å². The lowest BCUT2D eigenvalue weighted by atomic mass is 9.90. The Morgan fingerprint density at radius 1 is 1.16 bits per heavy atom. The quantitative estimate of drug-likeness (QED) is 0.408. The number of carbonyl (C=O) groups is 1. The van der Waals surface area contributed by atoms with E-state index in [1.807, 2.05) is 42.1 Å². The van der Waals surface area contributed by atoms with Gasteiger partial charge < -0.3 is 16.0 Å². The summed E-state index contributed by atoms with van der Waals surface area (Å²) in [5, 5.41) is 13.9. The summed E-state index contributed by atoms with van der Waals surface area (Å²) in [6, 6.07) is 18.3. The van der Waals surface area contributed by atoms with E-state index >= 15 is 0 Å². The molecule has 2 aromatic carbocycles. The van der Waals surface area contributed by atoms with Crippen LogP contribution in [0, 0.1) is 0 Å². The van der Waals surface area contributed by atoms with Crippen molar-refractivity contribution in [1.82, 2.24) is 20.4 Å². The number of amides is 1. The number of hydrogen-bond acceptors (Lipinski definition) is 3. The molecule has 1 amide bonds. The molecule has 1 unspecified atom stereocenters. The van der Waals surface area contributed by atoms with Crippen LogP contribution < -0.4 is 16.0 Å². The largest absolute Gasteiger partial charge is 0.357 e. The van der Waals surface area contributed by atoms with Crippen LogP contribution >= 0.6 is 0 Å². The van der Waals surface area contributed by atoms with E-state index in [-0.39, 0.29) is 11.8 Å². The highest BCUT2D eigenvalue weighted by Gasteiger charge is 2.24. The summed E-state index contributed by atoms with van der Waals surface area (Å²) in [5.74, 6) is 0.927. The first-order chi connectivity index (χ1) is 15.2. The zero-order chi connectivity index (χ0) is 21.5. The summed E-state index contributed by atoms with van der Waals surface area (Å²) >= 11 is 0. The molecular formula is C24H28N6O. The van der Waals surface area contributed by atoms with E-state index in [9.17, 15) is 4.79 Å². The molecule has 3 N–H and O–H groups in total. The highest BCUT2D eigenvalue weighted by atomic mass is 16.1. The minimum Gasteiger partial charge on any atom is -0.357 e. The topological polar surface area (TPSA) is 83.3 Å². The maximum atomic E-state index is 12.1. The zero-order valence-corrected chi connectivity index (χ0v) is 17.7. The molecule has 0 saturated carbocycles. The third kappa shape index (κ3) is 5.51. The monoisotopic (exact) mass is 416 g/mol. The molecule has 0 spiro atoms.